The largest absolute Gasteiger partial charge is 0.368 e. The van der Waals surface area contributed by atoms with E-state index in [0.29, 0.717) is 23.8 Å². The minimum Gasteiger partial charge on any atom is -0.368 e. The Morgan fingerprint density at radius 1 is 1.12 bits per heavy atom. The normalized spacial score (nSPS) is 22.3. The minimum absolute atomic E-state index is 0.0608. The molecule has 3 aliphatic rings. The number of nitrogens with zero attached hydrogens (tertiary/aromatic N) is 4. The van der Waals surface area contributed by atoms with Gasteiger partial charge in [0.25, 0.3) is 0 Å². The average molecular weight is 472 g/mol. The lowest BCUT2D eigenvalue weighted by atomic mass is 9.96. The van der Waals surface area contributed by atoms with E-state index in [1.807, 2.05) is 13.0 Å². The first-order chi connectivity index (χ1) is 16.0. The Labute approximate surface area is 199 Å². The Bertz CT molecular complexity index is 1020. The Kier molecular flexibility index (Phi) is 6.65. The summed E-state index contributed by atoms with van der Waals surface area (Å²) in [5, 5.41) is 8.74. The van der Waals surface area contributed by atoms with E-state index < -0.39 is 0 Å². The van der Waals surface area contributed by atoms with E-state index >= 15 is 0 Å². The van der Waals surface area contributed by atoms with E-state index in [1.54, 1.807) is 17.8 Å². The second kappa shape index (κ2) is 9.66. The van der Waals surface area contributed by atoms with Gasteiger partial charge in [-0.25, -0.2) is 4.39 Å². The fraction of sp³-hybridized carbons (Fsp3) is 0.600. The number of hydrogen-bond acceptors (Lipinski definition) is 5. The van der Waals surface area contributed by atoms with Gasteiger partial charge in [-0.15, -0.1) is 0 Å². The first kappa shape index (κ1) is 22.7. The van der Waals surface area contributed by atoms with E-state index in [1.165, 1.54) is 43.7 Å². The summed E-state index contributed by atoms with van der Waals surface area (Å²) in [6.45, 7) is 5.67. The maximum Gasteiger partial charge on any atom is 0.238 e. The van der Waals surface area contributed by atoms with Crippen molar-refractivity contribution in [2.75, 3.05) is 43.4 Å². The van der Waals surface area contributed by atoms with Crippen molar-refractivity contribution in [3.8, 4) is 0 Å². The summed E-state index contributed by atoms with van der Waals surface area (Å²) in [5.41, 5.74) is 3.39. The molecule has 0 radical (unpaired) electrons. The van der Waals surface area contributed by atoms with Crippen LogP contribution in [0.3, 0.4) is 0 Å². The molecule has 1 saturated carbocycles. The van der Waals surface area contributed by atoms with Crippen molar-refractivity contribution in [1.29, 1.82) is 0 Å². The number of anilines is 2. The van der Waals surface area contributed by atoms with Crippen molar-refractivity contribution in [3.05, 3.63) is 35.3 Å². The highest BCUT2D eigenvalue weighted by Gasteiger charge is 2.35. The van der Waals surface area contributed by atoms with Gasteiger partial charge in [0.2, 0.25) is 5.91 Å². The van der Waals surface area contributed by atoms with Gasteiger partial charge in [-0.1, -0.05) is 31.0 Å². The Balaban J connectivity index is 1.25. The molecular weight excluding hydrogens is 437 g/mol. The van der Waals surface area contributed by atoms with Crippen LogP contribution in [0, 0.1) is 12.7 Å². The molecule has 2 aromatic rings. The highest BCUT2D eigenvalue weighted by Crippen LogP contribution is 2.42. The van der Waals surface area contributed by atoms with E-state index in [9.17, 15) is 9.18 Å². The number of amides is 1. The van der Waals surface area contributed by atoms with E-state index in [0.717, 1.165) is 43.3 Å². The van der Waals surface area contributed by atoms with Crippen LogP contribution in [0.4, 0.5) is 15.8 Å². The van der Waals surface area contributed by atoms with Gasteiger partial charge in [0.05, 0.1) is 27.7 Å². The third-order valence-corrected chi connectivity index (χ3v) is 8.61. The molecule has 8 heteroatoms. The molecule has 33 heavy (non-hydrogen) atoms. The summed E-state index contributed by atoms with van der Waals surface area (Å²) in [7, 11) is 2.10. The topological polar surface area (TPSA) is 53.4 Å². The summed E-state index contributed by atoms with van der Waals surface area (Å²) < 4.78 is 17.1. The number of fused-ring (bicyclic) bond motifs is 1. The molecular formula is C25H34FN5OS. The molecule has 1 aromatic heterocycles. The summed E-state index contributed by atoms with van der Waals surface area (Å²) in [5.74, 6) is -0.335. The Morgan fingerprint density at radius 2 is 1.94 bits per heavy atom. The van der Waals surface area contributed by atoms with Crippen LogP contribution < -0.4 is 10.2 Å². The summed E-state index contributed by atoms with van der Waals surface area (Å²) >= 11 is 1.62. The Morgan fingerprint density at radius 3 is 2.73 bits per heavy atom. The van der Waals surface area contributed by atoms with Crippen molar-refractivity contribution in [2.24, 2.45) is 0 Å². The summed E-state index contributed by atoms with van der Waals surface area (Å²) in [6, 6.07) is 5.55. The number of nitrogens with one attached hydrogen (secondary N) is 1. The monoisotopic (exact) mass is 471 g/mol. The molecule has 178 valence electrons. The smallest absolute Gasteiger partial charge is 0.238 e. The second-order valence-corrected chi connectivity index (χ2v) is 10.9. The van der Waals surface area contributed by atoms with Gasteiger partial charge in [-0.2, -0.15) is 5.10 Å². The maximum absolute atomic E-state index is 14.9. The van der Waals surface area contributed by atoms with Crippen molar-refractivity contribution in [3.63, 3.8) is 0 Å². The number of carbonyl (C=O) groups excluding carboxylic acids is 1. The first-order valence-corrected chi connectivity index (χ1v) is 13.2. The summed E-state index contributed by atoms with van der Waals surface area (Å²) in [6.07, 6.45) is 7.86. The van der Waals surface area contributed by atoms with Crippen LogP contribution in [0.15, 0.2) is 23.2 Å². The molecule has 1 N–H and O–H groups in total. The second-order valence-electron chi connectivity index (χ2n) is 9.72. The van der Waals surface area contributed by atoms with Gasteiger partial charge in [0.1, 0.15) is 5.82 Å². The lowest BCUT2D eigenvalue weighted by molar-refractivity contribution is -0.115. The zero-order valence-electron chi connectivity index (χ0n) is 19.6. The maximum atomic E-state index is 14.9. The molecule has 1 atom stereocenters. The minimum atomic E-state index is -0.275. The molecule has 3 heterocycles. The van der Waals surface area contributed by atoms with Gasteiger partial charge in [-0.05, 0) is 64.4 Å². The number of halogens is 1. The van der Waals surface area contributed by atoms with Crippen molar-refractivity contribution in [1.82, 2.24) is 14.7 Å². The molecule has 1 aliphatic carbocycles. The number of carbonyl (C=O) groups is 1. The van der Waals surface area contributed by atoms with Gasteiger partial charge >= 0.3 is 0 Å². The highest BCUT2D eigenvalue weighted by atomic mass is 32.2. The average Bonchev–Trinajstić information content (AvgIpc) is 3.30. The van der Waals surface area contributed by atoms with Crippen molar-refractivity contribution < 1.29 is 9.18 Å². The standard InChI is InChI=1S/C25H34FN5OS/c1-17-20-16-23(33-25(20)31(28-17)19-7-4-3-5-8-19)24(32)27-18-9-10-22(21(26)15-18)30-12-6-11-29(2)13-14-30/h9-10,15,19,23H,3-8,11-14,16H2,1-2H3,(H,27,32). The number of benzene rings is 1. The van der Waals surface area contributed by atoms with Gasteiger partial charge in [0.15, 0.2) is 0 Å². The van der Waals surface area contributed by atoms with Crippen molar-refractivity contribution >= 4 is 29.0 Å². The van der Waals surface area contributed by atoms with Crippen LogP contribution in [0.1, 0.15) is 55.8 Å². The number of likely N-dealkylation sites (N-methyl/N-ethyl adjacent to an activating group) is 1. The van der Waals surface area contributed by atoms with Crippen LogP contribution in [0.5, 0.6) is 0 Å². The third-order valence-electron chi connectivity index (χ3n) is 7.29. The zero-order chi connectivity index (χ0) is 22.9. The molecule has 0 bridgehead atoms. The number of rotatable bonds is 4. The number of thioether (sulfide) groups is 1. The fourth-order valence-electron chi connectivity index (χ4n) is 5.35. The molecule has 5 rings (SSSR count). The number of aryl methyl sites for hydroxylation is 1. The predicted octanol–water partition coefficient (Wildman–Crippen LogP) is 4.63. The van der Waals surface area contributed by atoms with Crippen molar-refractivity contribution in [2.45, 2.75) is 68.2 Å². The third kappa shape index (κ3) is 4.78. The quantitative estimate of drug-likeness (QED) is 0.705. The fourth-order valence-corrected chi connectivity index (χ4v) is 6.71. The molecule has 1 unspecified atom stereocenters. The van der Waals surface area contributed by atoms with Crippen LogP contribution in [0.2, 0.25) is 0 Å². The lowest BCUT2D eigenvalue weighted by Gasteiger charge is -2.24. The number of aromatic nitrogens is 2. The number of hydrogen-bond donors (Lipinski definition) is 1. The van der Waals surface area contributed by atoms with Crippen LogP contribution in [0.25, 0.3) is 0 Å². The molecule has 1 aromatic carbocycles. The summed E-state index contributed by atoms with van der Waals surface area (Å²) in [4.78, 5) is 17.4. The van der Waals surface area contributed by atoms with E-state index in [2.05, 4.69) is 26.8 Å². The Hall–Kier alpha value is -2.06. The SMILES string of the molecule is Cc1nn(C2CCCCC2)c2c1CC(C(=O)Nc1ccc(N3CCCN(C)CC3)c(F)c1)S2. The van der Waals surface area contributed by atoms with Gasteiger partial charge < -0.3 is 15.1 Å². The predicted molar refractivity (Wildman–Crippen MR) is 132 cm³/mol. The van der Waals surface area contributed by atoms with E-state index in [-0.39, 0.29) is 17.0 Å². The highest BCUT2D eigenvalue weighted by molar-refractivity contribution is 8.00. The molecule has 2 aliphatic heterocycles. The molecule has 1 amide bonds. The molecule has 1 saturated heterocycles. The van der Waals surface area contributed by atoms with Crippen LogP contribution >= 0.6 is 11.8 Å². The van der Waals surface area contributed by atoms with Gasteiger partial charge in [0, 0.05) is 30.9 Å². The zero-order valence-corrected chi connectivity index (χ0v) is 20.5. The van der Waals surface area contributed by atoms with Gasteiger partial charge in [-0.3, -0.25) is 9.48 Å². The van der Waals surface area contributed by atoms with Crippen LogP contribution in [-0.2, 0) is 11.2 Å². The molecule has 6 nitrogen and oxygen atoms in total. The first-order valence-electron chi connectivity index (χ1n) is 12.3. The van der Waals surface area contributed by atoms with E-state index in [4.69, 9.17) is 5.10 Å². The van der Waals surface area contributed by atoms with Crippen LogP contribution in [-0.4, -0.2) is 59.1 Å². The molecule has 2 fully saturated rings. The lowest BCUT2D eigenvalue weighted by Crippen LogP contribution is -2.29. The molecule has 0 spiro atoms.